The van der Waals surface area contributed by atoms with E-state index in [4.69, 9.17) is 0 Å². The van der Waals surface area contributed by atoms with Gasteiger partial charge in [-0.2, -0.15) is 0 Å². The first-order chi connectivity index (χ1) is 6.86. The van der Waals surface area contributed by atoms with Crippen molar-refractivity contribution >= 4 is 11.2 Å². The number of nitrogens with one attached hydrogen (secondary N) is 1. The van der Waals surface area contributed by atoms with Crippen LogP contribution in [-0.4, -0.2) is 15.0 Å². The molecular weight excluding hydrogens is 198 g/mol. The van der Waals surface area contributed by atoms with Gasteiger partial charge < -0.3 is 4.98 Å². The van der Waals surface area contributed by atoms with Gasteiger partial charge in [0.25, 0.3) is 0 Å². The standard InChI is InChI=1S/C7H7N3.2C2H6.2CH4/c1-5-4-9-7-6(10-5)2-3-8-7;2*1-2;;/h2-4H,1H3,(H,8,9);2*1-2H3;2*1H4. The largest absolute Gasteiger partial charge is 0.345 e. The molecule has 0 aliphatic carbocycles. The molecule has 2 rings (SSSR count). The van der Waals surface area contributed by atoms with E-state index in [1.165, 1.54) is 0 Å². The van der Waals surface area contributed by atoms with Crippen LogP contribution < -0.4 is 0 Å². The maximum atomic E-state index is 4.24. The molecule has 0 spiro atoms. The summed E-state index contributed by atoms with van der Waals surface area (Å²) in [6.07, 6.45) is 3.59. The molecule has 2 heterocycles. The summed E-state index contributed by atoms with van der Waals surface area (Å²) < 4.78 is 0. The van der Waals surface area contributed by atoms with Crippen LogP contribution in [0.5, 0.6) is 0 Å². The lowest BCUT2D eigenvalue weighted by Gasteiger charge is -1.88. The lowest BCUT2D eigenvalue weighted by molar-refractivity contribution is 1.17. The Hall–Kier alpha value is -1.38. The van der Waals surface area contributed by atoms with Crippen LogP contribution in [0.4, 0.5) is 0 Å². The maximum absolute atomic E-state index is 4.24. The summed E-state index contributed by atoms with van der Waals surface area (Å²) in [6, 6.07) is 1.91. The highest BCUT2D eigenvalue weighted by Gasteiger charge is 1.94. The number of hydrogen-bond acceptors (Lipinski definition) is 2. The second-order valence-corrected chi connectivity index (χ2v) is 2.22. The van der Waals surface area contributed by atoms with Gasteiger partial charge in [-0.3, -0.25) is 0 Å². The third-order valence-corrected chi connectivity index (χ3v) is 1.38. The number of H-pyrrole nitrogens is 1. The van der Waals surface area contributed by atoms with Gasteiger partial charge in [0.15, 0.2) is 5.65 Å². The molecule has 0 saturated heterocycles. The van der Waals surface area contributed by atoms with E-state index in [-0.39, 0.29) is 14.9 Å². The van der Waals surface area contributed by atoms with Gasteiger partial charge in [0.05, 0.1) is 11.9 Å². The van der Waals surface area contributed by atoms with E-state index in [9.17, 15) is 0 Å². The van der Waals surface area contributed by atoms with E-state index in [0.717, 1.165) is 16.9 Å². The third kappa shape index (κ3) is 5.49. The minimum atomic E-state index is 0. The van der Waals surface area contributed by atoms with E-state index < -0.39 is 0 Å². The van der Waals surface area contributed by atoms with Crippen LogP contribution in [0.1, 0.15) is 48.2 Å². The van der Waals surface area contributed by atoms with Crippen LogP contribution >= 0.6 is 0 Å². The molecule has 0 atom stereocenters. The van der Waals surface area contributed by atoms with Crippen LogP contribution in [0.2, 0.25) is 0 Å². The number of aromatic nitrogens is 3. The lowest BCUT2D eigenvalue weighted by atomic mass is 10.4. The molecule has 0 amide bonds. The number of hydrogen-bond donors (Lipinski definition) is 1. The lowest BCUT2D eigenvalue weighted by Crippen LogP contribution is -1.83. The van der Waals surface area contributed by atoms with Crippen molar-refractivity contribution in [2.75, 3.05) is 0 Å². The number of rotatable bonds is 0. The molecule has 0 aliphatic rings. The fraction of sp³-hybridized carbons (Fsp3) is 0.538. The van der Waals surface area contributed by atoms with Gasteiger partial charge in [-0.15, -0.1) is 0 Å². The predicted molar refractivity (Wildman–Crippen MR) is 74.8 cm³/mol. The summed E-state index contributed by atoms with van der Waals surface area (Å²) in [6.45, 7) is 9.93. The molecule has 0 radical (unpaired) electrons. The van der Waals surface area contributed by atoms with Gasteiger partial charge in [0.2, 0.25) is 0 Å². The molecule has 94 valence electrons. The fourth-order valence-corrected chi connectivity index (χ4v) is 0.923. The summed E-state index contributed by atoms with van der Waals surface area (Å²) in [5.41, 5.74) is 2.73. The summed E-state index contributed by atoms with van der Waals surface area (Å²) in [7, 11) is 0. The molecule has 0 aliphatic heterocycles. The van der Waals surface area contributed by atoms with Gasteiger partial charge in [0.1, 0.15) is 5.52 Å². The van der Waals surface area contributed by atoms with Crippen molar-refractivity contribution in [1.29, 1.82) is 0 Å². The molecule has 0 aromatic carbocycles. The Balaban J connectivity index is -0.000000257. The van der Waals surface area contributed by atoms with Crippen LogP contribution in [0, 0.1) is 6.92 Å². The molecule has 1 N–H and O–H groups in total. The van der Waals surface area contributed by atoms with Gasteiger partial charge in [-0.1, -0.05) is 42.5 Å². The van der Waals surface area contributed by atoms with E-state index in [2.05, 4.69) is 15.0 Å². The molecule has 2 aromatic rings. The summed E-state index contributed by atoms with van der Waals surface area (Å²) in [5.74, 6) is 0. The topological polar surface area (TPSA) is 41.6 Å². The molecule has 16 heavy (non-hydrogen) atoms. The average molecular weight is 225 g/mol. The Morgan fingerprint density at radius 3 is 2.19 bits per heavy atom. The van der Waals surface area contributed by atoms with E-state index in [1.807, 2.05) is 46.9 Å². The van der Waals surface area contributed by atoms with E-state index in [0.29, 0.717) is 0 Å². The summed E-state index contributed by atoms with van der Waals surface area (Å²) in [4.78, 5) is 11.3. The molecule has 2 aromatic heterocycles. The van der Waals surface area contributed by atoms with E-state index >= 15 is 0 Å². The molecule has 3 nitrogen and oxygen atoms in total. The zero-order valence-corrected chi connectivity index (χ0v) is 9.63. The van der Waals surface area contributed by atoms with Crippen molar-refractivity contribution in [2.24, 2.45) is 0 Å². The highest BCUT2D eigenvalue weighted by molar-refractivity contribution is 5.69. The Morgan fingerprint density at radius 1 is 1.06 bits per heavy atom. The van der Waals surface area contributed by atoms with Crippen LogP contribution in [0.15, 0.2) is 18.5 Å². The SMILES string of the molecule is C.C.CC.CC.Cc1cnc2[nH]ccc2n1. The fourth-order valence-electron chi connectivity index (χ4n) is 0.923. The third-order valence-electron chi connectivity index (χ3n) is 1.38. The molecule has 0 fully saturated rings. The Kier molecular flexibility index (Phi) is 14.7. The number of aryl methyl sites for hydroxylation is 1. The van der Waals surface area contributed by atoms with Crippen LogP contribution in [0.25, 0.3) is 11.2 Å². The Labute approximate surface area is 100 Å². The monoisotopic (exact) mass is 225 g/mol. The molecule has 0 bridgehead atoms. The number of fused-ring (bicyclic) bond motifs is 1. The zero-order chi connectivity index (χ0) is 11.0. The Morgan fingerprint density at radius 2 is 1.62 bits per heavy atom. The smallest absolute Gasteiger partial charge is 0.155 e. The summed E-state index contributed by atoms with van der Waals surface area (Å²) >= 11 is 0. The first kappa shape index (κ1) is 20.1. The minimum absolute atomic E-state index is 0. The van der Waals surface area contributed by atoms with Crippen molar-refractivity contribution in [3.8, 4) is 0 Å². The van der Waals surface area contributed by atoms with Crippen LogP contribution in [0.3, 0.4) is 0 Å². The number of aromatic amines is 1. The Bertz CT molecular complexity index is 353. The van der Waals surface area contributed by atoms with Crippen molar-refractivity contribution in [3.63, 3.8) is 0 Å². The van der Waals surface area contributed by atoms with Crippen molar-refractivity contribution < 1.29 is 0 Å². The first-order valence-corrected chi connectivity index (χ1v) is 5.13. The quantitative estimate of drug-likeness (QED) is 0.712. The second-order valence-electron chi connectivity index (χ2n) is 2.22. The summed E-state index contributed by atoms with van der Waals surface area (Å²) in [5, 5.41) is 0. The van der Waals surface area contributed by atoms with Gasteiger partial charge in [-0.05, 0) is 13.0 Å². The average Bonchev–Trinajstić information content (AvgIpc) is 2.71. The van der Waals surface area contributed by atoms with Gasteiger partial charge >= 0.3 is 0 Å². The molecule has 0 unspecified atom stereocenters. The van der Waals surface area contributed by atoms with Gasteiger partial charge in [-0.25, -0.2) is 9.97 Å². The highest BCUT2D eigenvalue weighted by Crippen LogP contribution is 2.04. The molecular formula is C13H27N3. The molecule has 3 heteroatoms. The maximum Gasteiger partial charge on any atom is 0.155 e. The second kappa shape index (κ2) is 11.7. The van der Waals surface area contributed by atoms with E-state index in [1.54, 1.807) is 6.20 Å². The van der Waals surface area contributed by atoms with Crippen LogP contribution in [-0.2, 0) is 0 Å². The normalized spacial score (nSPS) is 7.31. The number of nitrogens with zero attached hydrogens (tertiary/aromatic N) is 2. The minimum Gasteiger partial charge on any atom is -0.345 e. The van der Waals surface area contributed by atoms with Crippen molar-refractivity contribution in [3.05, 3.63) is 24.2 Å². The highest BCUT2D eigenvalue weighted by atomic mass is 14.9. The van der Waals surface area contributed by atoms with Gasteiger partial charge in [0, 0.05) is 6.20 Å². The molecule has 0 saturated carbocycles. The zero-order valence-electron chi connectivity index (χ0n) is 9.63. The first-order valence-electron chi connectivity index (χ1n) is 5.13. The van der Waals surface area contributed by atoms with Crippen molar-refractivity contribution in [2.45, 2.75) is 49.5 Å². The predicted octanol–water partition coefficient (Wildman–Crippen LogP) is 4.59. The van der Waals surface area contributed by atoms with Crippen molar-refractivity contribution in [1.82, 2.24) is 15.0 Å².